The number of rotatable bonds is 5. The molecule has 1 fully saturated rings. The summed E-state index contributed by atoms with van der Waals surface area (Å²) in [6, 6.07) is 8.00. The first kappa shape index (κ1) is 15.8. The third-order valence-electron chi connectivity index (χ3n) is 4.69. The van der Waals surface area contributed by atoms with Gasteiger partial charge in [-0.1, -0.05) is 42.6 Å². The monoisotopic (exact) mass is 296 g/mol. The van der Waals surface area contributed by atoms with Crippen LogP contribution in [0.4, 0.5) is 0 Å². The van der Waals surface area contributed by atoms with Gasteiger partial charge in [0.05, 0.1) is 11.6 Å². The lowest BCUT2D eigenvalue weighted by molar-refractivity contribution is -0.0688. The van der Waals surface area contributed by atoms with Gasteiger partial charge in [-0.25, -0.2) is 0 Å². The number of ether oxygens (including phenoxy) is 1. The number of benzene rings is 1. The van der Waals surface area contributed by atoms with Crippen molar-refractivity contribution in [2.24, 2.45) is 5.73 Å². The number of nitrogens with two attached hydrogens (primary N) is 1. The Balaban J connectivity index is 2.20. The number of hydrogen-bond donors (Lipinski definition) is 1. The lowest BCUT2D eigenvalue weighted by atomic mass is 9.77. The Hall–Kier alpha value is -0.610. The van der Waals surface area contributed by atoms with Crippen molar-refractivity contribution in [3.63, 3.8) is 0 Å². The Morgan fingerprint density at radius 3 is 2.80 bits per heavy atom. The summed E-state index contributed by atoms with van der Waals surface area (Å²) in [5.41, 5.74) is 7.21. The van der Waals surface area contributed by atoms with E-state index in [-0.39, 0.29) is 11.6 Å². The van der Waals surface area contributed by atoms with Crippen LogP contribution in [0.5, 0.6) is 0 Å². The fourth-order valence-electron chi connectivity index (χ4n) is 3.39. The zero-order valence-corrected chi connectivity index (χ0v) is 13.2. The topological polar surface area (TPSA) is 38.5 Å². The molecule has 3 nitrogen and oxygen atoms in total. The zero-order chi connectivity index (χ0) is 14.6. The Labute approximate surface area is 127 Å². The summed E-state index contributed by atoms with van der Waals surface area (Å²) in [5.74, 6) is 0. The molecular weight excluding hydrogens is 272 g/mol. The quantitative estimate of drug-likeness (QED) is 0.907. The van der Waals surface area contributed by atoms with E-state index >= 15 is 0 Å². The largest absolute Gasteiger partial charge is 0.379 e. The molecule has 1 aromatic rings. The third kappa shape index (κ3) is 3.01. The van der Waals surface area contributed by atoms with Crippen molar-refractivity contribution in [3.05, 3.63) is 34.9 Å². The van der Waals surface area contributed by atoms with Crippen LogP contribution in [0.1, 0.15) is 31.2 Å². The van der Waals surface area contributed by atoms with E-state index in [4.69, 9.17) is 22.1 Å². The van der Waals surface area contributed by atoms with Gasteiger partial charge in [-0.15, -0.1) is 0 Å². The van der Waals surface area contributed by atoms with Crippen molar-refractivity contribution in [1.29, 1.82) is 0 Å². The van der Waals surface area contributed by atoms with E-state index in [2.05, 4.69) is 18.0 Å². The summed E-state index contributed by atoms with van der Waals surface area (Å²) < 4.78 is 5.73. The maximum Gasteiger partial charge on any atom is 0.0767 e. The summed E-state index contributed by atoms with van der Waals surface area (Å²) in [7, 11) is 3.93. The predicted octanol–water partition coefficient (Wildman–Crippen LogP) is 3.06. The molecule has 112 valence electrons. The van der Waals surface area contributed by atoms with Crippen LogP contribution in [0.15, 0.2) is 24.3 Å². The molecule has 2 atom stereocenters. The molecule has 0 bridgehead atoms. The Morgan fingerprint density at radius 1 is 1.40 bits per heavy atom. The van der Waals surface area contributed by atoms with Gasteiger partial charge < -0.3 is 10.5 Å². The van der Waals surface area contributed by atoms with Crippen molar-refractivity contribution >= 4 is 11.6 Å². The molecule has 1 aliphatic carbocycles. The minimum absolute atomic E-state index is 0.0772. The molecular formula is C16H25ClN2O. The molecule has 1 aliphatic rings. The van der Waals surface area contributed by atoms with Crippen LogP contribution in [-0.4, -0.2) is 37.2 Å². The van der Waals surface area contributed by atoms with Gasteiger partial charge in [-0.2, -0.15) is 0 Å². The summed E-state index contributed by atoms with van der Waals surface area (Å²) in [5, 5.41) is 0.816. The molecule has 0 saturated heterocycles. The number of methoxy groups -OCH3 is 1. The lowest BCUT2D eigenvalue weighted by Crippen LogP contribution is -2.61. The standard InChI is InChI=1S/C16H25ClN2O/c1-19(11-13-7-3-4-8-14(13)17)16(12-18)10-6-5-9-15(16)20-2/h3-4,7-8,15H,5-6,9-12,18H2,1-2H3. The summed E-state index contributed by atoms with van der Waals surface area (Å²) in [6.45, 7) is 1.42. The van der Waals surface area contributed by atoms with E-state index in [0.29, 0.717) is 6.54 Å². The second kappa shape index (κ2) is 6.90. The second-order valence-electron chi connectivity index (χ2n) is 5.73. The van der Waals surface area contributed by atoms with Gasteiger partial charge in [0.1, 0.15) is 0 Å². The lowest BCUT2D eigenvalue weighted by Gasteiger charge is -2.49. The third-order valence-corrected chi connectivity index (χ3v) is 5.06. The Bertz CT molecular complexity index is 440. The summed E-state index contributed by atoms with van der Waals surface area (Å²) in [4.78, 5) is 2.33. The highest BCUT2D eigenvalue weighted by molar-refractivity contribution is 6.31. The average molecular weight is 297 g/mol. The van der Waals surface area contributed by atoms with E-state index < -0.39 is 0 Å². The molecule has 1 aromatic carbocycles. The van der Waals surface area contributed by atoms with Crippen molar-refractivity contribution in [2.75, 3.05) is 20.7 Å². The number of likely N-dealkylation sites (N-methyl/N-ethyl adjacent to an activating group) is 1. The maximum atomic E-state index is 6.28. The van der Waals surface area contributed by atoms with E-state index in [1.807, 2.05) is 18.2 Å². The number of hydrogen-bond acceptors (Lipinski definition) is 3. The summed E-state index contributed by atoms with van der Waals surface area (Å²) >= 11 is 6.28. The van der Waals surface area contributed by atoms with Crippen LogP contribution in [0.25, 0.3) is 0 Å². The van der Waals surface area contributed by atoms with Gasteiger partial charge in [0.2, 0.25) is 0 Å². The highest BCUT2D eigenvalue weighted by Gasteiger charge is 2.43. The van der Waals surface area contributed by atoms with E-state index in [9.17, 15) is 0 Å². The molecule has 2 unspecified atom stereocenters. The smallest absolute Gasteiger partial charge is 0.0767 e. The molecule has 0 heterocycles. The highest BCUT2D eigenvalue weighted by atomic mass is 35.5. The number of nitrogens with zero attached hydrogens (tertiary/aromatic N) is 1. The first-order valence-corrected chi connectivity index (χ1v) is 7.69. The fourth-order valence-corrected chi connectivity index (χ4v) is 3.59. The van der Waals surface area contributed by atoms with Crippen molar-refractivity contribution in [1.82, 2.24) is 4.90 Å². The Morgan fingerprint density at radius 2 is 2.15 bits per heavy atom. The van der Waals surface area contributed by atoms with Crippen LogP contribution in [0.3, 0.4) is 0 Å². The van der Waals surface area contributed by atoms with Gasteiger partial charge in [0.25, 0.3) is 0 Å². The SMILES string of the molecule is COC1CCCCC1(CN)N(C)Cc1ccccc1Cl. The van der Waals surface area contributed by atoms with Crippen LogP contribution >= 0.6 is 11.6 Å². The van der Waals surface area contributed by atoms with Gasteiger partial charge >= 0.3 is 0 Å². The normalized spacial score (nSPS) is 26.9. The van der Waals surface area contributed by atoms with E-state index in [1.165, 1.54) is 12.8 Å². The minimum atomic E-state index is -0.0772. The second-order valence-corrected chi connectivity index (χ2v) is 6.13. The van der Waals surface area contributed by atoms with Gasteiger partial charge in [0.15, 0.2) is 0 Å². The minimum Gasteiger partial charge on any atom is -0.379 e. The predicted molar refractivity (Wildman–Crippen MR) is 84.0 cm³/mol. The molecule has 0 aromatic heterocycles. The molecule has 0 radical (unpaired) electrons. The highest BCUT2D eigenvalue weighted by Crippen LogP contribution is 2.35. The van der Waals surface area contributed by atoms with E-state index in [1.54, 1.807) is 7.11 Å². The molecule has 1 saturated carbocycles. The van der Waals surface area contributed by atoms with Crippen LogP contribution < -0.4 is 5.73 Å². The van der Waals surface area contributed by atoms with Crippen LogP contribution in [0, 0.1) is 0 Å². The molecule has 2 rings (SSSR count). The van der Waals surface area contributed by atoms with E-state index in [0.717, 1.165) is 30.0 Å². The fraction of sp³-hybridized carbons (Fsp3) is 0.625. The van der Waals surface area contributed by atoms with Gasteiger partial charge in [-0.05, 0) is 31.5 Å². The molecule has 0 spiro atoms. The summed E-state index contributed by atoms with van der Waals surface area (Å²) in [6.07, 6.45) is 4.81. The van der Waals surface area contributed by atoms with Gasteiger partial charge in [0, 0.05) is 25.2 Å². The Kier molecular flexibility index (Phi) is 5.44. The maximum absolute atomic E-state index is 6.28. The zero-order valence-electron chi connectivity index (χ0n) is 12.4. The molecule has 2 N–H and O–H groups in total. The average Bonchev–Trinajstić information content (AvgIpc) is 2.49. The number of halogens is 1. The first-order chi connectivity index (χ1) is 9.64. The molecule has 4 heteroatoms. The van der Waals surface area contributed by atoms with Crippen molar-refractivity contribution < 1.29 is 4.74 Å². The molecule has 20 heavy (non-hydrogen) atoms. The van der Waals surface area contributed by atoms with Crippen LogP contribution in [-0.2, 0) is 11.3 Å². The molecule has 0 aliphatic heterocycles. The van der Waals surface area contributed by atoms with Crippen molar-refractivity contribution in [2.45, 2.75) is 43.9 Å². The first-order valence-electron chi connectivity index (χ1n) is 7.31. The van der Waals surface area contributed by atoms with Gasteiger partial charge in [-0.3, -0.25) is 4.90 Å². The van der Waals surface area contributed by atoms with Crippen LogP contribution in [0.2, 0.25) is 5.02 Å². The van der Waals surface area contributed by atoms with Crippen molar-refractivity contribution in [3.8, 4) is 0 Å². The molecule has 0 amide bonds.